The van der Waals surface area contributed by atoms with Gasteiger partial charge in [0.15, 0.2) is 0 Å². The van der Waals surface area contributed by atoms with Crippen LogP contribution < -0.4 is 10.6 Å². The minimum atomic E-state index is -1.15. The van der Waals surface area contributed by atoms with Crippen molar-refractivity contribution in [1.82, 2.24) is 5.32 Å². The molecule has 0 atom stereocenters. The Morgan fingerprint density at radius 3 is 2.50 bits per heavy atom. The molecule has 108 valence electrons. The van der Waals surface area contributed by atoms with Crippen molar-refractivity contribution >= 4 is 29.3 Å². The third-order valence-corrected chi connectivity index (χ3v) is 3.79. The lowest BCUT2D eigenvalue weighted by Gasteiger charge is -2.33. The van der Waals surface area contributed by atoms with Crippen LogP contribution >= 0.6 is 11.6 Å². The van der Waals surface area contributed by atoms with E-state index in [2.05, 4.69) is 10.6 Å². The lowest BCUT2D eigenvalue weighted by molar-refractivity contribution is -0.145. The molecule has 0 radical (unpaired) electrons. The second-order valence-corrected chi connectivity index (χ2v) is 5.47. The van der Waals surface area contributed by atoms with Gasteiger partial charge in [0.25, 0.3) is 0 Å². The summed E-state index contributed by atoms with van der Waals surface area (Å²) in [5.41, 5.74) is -0.618. The Balaban J connectivity index is 2.03. The van der Waals surface area contributed by atoms with Crippen LogP contribution in [0.1, 0.15) is 32.1 Å². The van der Waals surface area contributed by atoms with Gasteiger partial charge in [-0.2, -0.15) is 0 Å². The van der Waals surface area contributed by atoms with Crippen molar-refractivity contribution < 1.29 is 14.7 Å². The predicted octanol–water partition coefficient (Wildman–Crippen LogP) is 3.25. The van der Waals surface area contributed by atoms with Gasteiger partial charge in [-0.05, 0) is 31.0 Å². The van der Waals surface area contributed by atoms with E-state index in [1.54, 1.807) is 24.3 Å². The third kappa shape index (κ3) is 3.42. The normalized spacial score (nSPS) is 17.2. The van der Waals surface area contributed by atoms with Crippen LogP contribution in [0.4, 0.5) is 10.5 Å². The summed E-state index contributed by atoms with van der Waals surface area (Å²) in [6.45, 7) is 0. The minimum absolute atomic E-state index is 0.464. The van der Waals surface area contributed by atoms with Crippen molar-refractivity contribution in [1.29, 1.82) is 0 Å². The molecule has 1 saturated carbocycles. The number of rotatable bonds is 3. The molecule has 20 heavy (non-hydrogen) atoms. The number of hydrogen-bond acceptors (Lipinski definition) is 2. The molecule has 1 aromatic rings. The van der Waals surface area contributed by atoms with Crippen LogP contribution in [0, 0.1) is 0 Å². The first-order chi connectivity index (χ1) is 9.52. The molecule has 6 heteroatoms. The Morgan fingerprint density at radius 1 is 1.20 bits per heavy atom. The first-order valence-corrected chi connectivity index (χ1v) is 6.98. The summed E-state index contributed by atoms with van der Waals surface area (Å²) in [7, 11) is 0. The van der Waals surface area contributed by atoms with Crippen LogP contribution in [0.5, 0.6) is 0 Å². The zero-order valence-electron chi connectivity index (χ0n) is 11.0. The first kappa shape index (κ1) is 14.7. The maximum Gasteiger partial charge on any atom is 0.329 e. The molecule has 0 heterocycles. The largest absolute Gasteiger partial charge is 0.480 e. The monoisotopic (exact) mass is 296 g/mol. The summed E-state index contributed by atoms with van der Waals surface area (Å²) in [5, 5.41) is 15.1. The first-order valence-electron chi connectivity index (χ1n) is 6.60. The molecule has 0 bridgehead atoms. The molecule has 0 saturated heterocycles. The molecule has 3 N–H and O–H groups in total. The fourth-order valence-corrected chi connectivity index (χ4v) is 2.68. The molecule has 0 aliphatic heterocycles. The number of carboxylic acid groups (broad SMARTS) is 1. The van der Waals surface area contributed by atoms with Gasteiger partial charge in [-0.1, -0.05) is 36.9 Å². The molecule has 2 amide bonds. The number of halogens is 1. The summed E-state index contributed by atoms with van der Waals surface area (Å²) in [6, 6.07) is 6.20. The van der Waals surface area contributed by atoms with Crippen LogP contribution in [0.25, 0.3) is 0 Å². The average Bonchev–Trinajstić information content (AvgIpc) is 2.39. The number of nitrogens with one attached hydrogen (secondary N) is 2. The smallest absolute Gasteiger partial charge is 0.329 e. The minimum Gasteiger partial charge on any atom is -0.480 e. The lowest BCUT2D eigenvalue weighted by atomic mass is 9.82. The molecule has 1 aliphatic rings. The molecular formula is C14H17ClN2O3. The summed E-state index contributed by atoms with van der Waals surface area (Å²) in [4.78, 5) is 23.4. The highest BCUT2D eigenvalue weighted by atomic mass is 35.5. The molecule has 1 aliphatic carbocycles. The number of hydrogen-bond donors (Lipinski definition) is 3. The van der Waals surface area contributed by atoms with Crippen molar-refractivity contribution in [3.8, 4) is 0 Å². The van der Waals surface area contributed by atoms with Crippen molar-refractivity contribution in [2.24, 2.45) is 0 Å². The Hall–Kier alpha value is -1.75. The van der Waals surface area contributed by atoms with Crippen LogP contribution in [0.3, 0.4) is 0 Å². The highest BCUT2D eigenvalue weighted by Gasteiger charge is 2.40. The highest BCUT2D eigenvalue weighted by molar-refractivity contribution is 6.30. The quantitative estimate of drug-likeness (QED) is 0.801. The molecule has 2 rings (SSSR count). The molecule has 0 aromatic heterocycles. The molecule has 5 nitrogen and oxygen atoms in total. The van der Waals surface area contributed by atoms with Crippen molar-refractivity contribution in [2.75, 3.05) is 5.32 Å². The van der Waals surface area contributed by atoms with E-state index in [9.17, 15) is 14.7 Å². The number of carbonyl (C=O) groups is 2. The van der Waals surface area contributed by atoms with E-state index in [0.717, 1.165) is 19.3 Å². The summed E-state index contributed by atoms with van der Waals surface area (Å²) in [5.74, 6) is -0.974. The number of urea groups is 1. The average molecular weight is 297 g/mol. The van der Waals surface area contributed by atoms with Crippen LogP contribution in [0.2, 0.25) is 5.02 Å². The zero-order chi connectivity index (χ0) is 14.6. The maximum absolute atomic E-state index is 12.0. The van der Waals surface area contributed by atoms with E-state index in [1.165, 1.54) is 0 Å². The fourth-order valence-electron chi connectivity index (χ4n) is 2.49. The lowest BCUT2D eigenvalue weighted by Crippen LogP contribution is -2.56. The molecule has 0 spiro atoms. The molecule has 0 unspecified atom stereocenters. The van der Waals surface area contributed by atoms with Gasteiger partial charge in [0, 0.05) is 10.7 Å². The molecule has 1 fully saturated rings. The van der Waals surface area contributed by atoms with E-state index in [1.807, 2.05) is 0 Å². The van der Waals surface area contributed by atoms with Gasteiger partial charge in [-0.3, -0.25) is 0 Å². The third-order valence-electron chi connectivity index (χ3n) is 3.55. The SMILES string of the molecule is O=C(Nc1cccc(Cl)c1)NC1(C(=O)O)CCCCC1. The Bertz CT molecular complexity index is 513. The number of carboxylic acids is 1. The molecular weight excluding hydrogens is 280 g/mol. The second kappa shape index (κ2) is 6.13. The number of carbonyl (C=O) groups excluding carboxylic acids is 1. The maximum atomic E-state index is 12.0. The van der Waals surface area contributed by atoms with E-state index < -0.39 is 17.5 Å². The fraction of sp³-hybridized carbons (Fsp3) is 0.429. The van der Waals surface area contributed by atoms with E-state index in [4.69, 9.17) is 11.6 Å². The topological polar surface area (TPSA) is 78.4 Å². The van der Waals surface area contributed by atoms with Crippen molar-refractivity contribution in [2.45, 2.75) is 37.6 Å². The van der Waals surface area contributed by atoms with E-state index in [-0.39, 0.29) is 0 Å². The number of aliphatic carboxylic acids is 1. The van der Waals surface area contributed by atoms with Gasteiger partial charge in [0.2, 0.25) is 0 Å². The van der Waals surface area contributed by atoms with Gasteiger partial charge in [0.1, 0.15) is 5.54 Å². The van der Waals surface area contributed by atoms with Gasteiger partial charge in [0.05, 0.1) is 0 Å². The molecule has 1 aromatic carbocycles. The van der Waals surface area contributed by atoms with Gasteiger partial charge in [-0.15, -0.1) is 0 Å². The van der Waals surface area contributed by atoms with Crippen LogP contribution in [-0.4, -0.2) is 22.6 Å². The zero-order valence-corrected chi connectivity index (χ0v) is 11.7. The highest BCUT2D eigenvalue weighted by Crippen LogP contribution is 2.28. The predicted molar refractivity (Wildman–Crippen MR) is 77.1 cm³/mol. The number of anilines is 1. The number of benzene rings is 1. The Morgan fingerprint density at radius 2 is 1.90 bits per heavy atom. The summed E-state index contributed by atoms with van der Waals surface area (Å²) >= 11 is 5.83. The van der Waals surface area contributed by atoms with Crippen LogP contribution in [0.15, 0.2) is 24.3 Å². The standard InChI is InChI=1S/C14H17ClN2O3/c15-10-5-4-6-11(9-10)16-13(20)17-14(12(18)19)7-2-1-3-8-14/h4-6,9H,1-3,7-8H2,(H,18,19)(H2,16,17,20). The van der Waals surface area contributed by atoms with E-state index >= 15 is 0 Å². The Labute approximate surface area is 122 Å². The van der Waals surface area contributed by atoms with Gasteiger partial charge < -0.3 is 15.7 Å². The Kier molecular flexibility index (Phi) is 4.49. The number of amides is 2. The summed E-state index contributed by atoms with van der Waals surface area (Å²) < 4.78 is 0. The summed E-state index contributed by atoms with van der Waals surface area (Å²) in [6.07, 6.45) is 3.55. The van der Waals surface area contributed by atoms with Gasteiger partial charge >= 0.3 is 12.0 Å². The van der Waals surface area contributed by atoms with E-state index in [0.29, 0.717) is 23.6 Å². The van der Waals surface area contributed by atoms with Gasteiger partial charge in [-0.25, -0.2) is 9.59 Å². The van der Waals surface area contributed by atoms with Crippen molar-refractivity contribution in [3.05, 3.63) is 29.3 Å². The van der Waals surface area contributed by atoms with Crippen molar-refractivity contribution in [3.63, 3.8) is 0 Å². The second-order valence-electron chi connectivity index (χ2n) is 5.04. The van der Waals surface area contributed by atoms with Crippen LogP contribution in [-0.2, 0) is 4.79 Å².